The van der Waals surface area contributed by atoms with E-state index in [1.165, 1.54) is 0 Å². The number of anilines is 1. The Morgan fingerprint density at radius 1 is 1.24 bits per heavy atom. The summed E-state index contributed by atoms with van der Waals surface area (Å²) in [4.78, 5) is 20.8. The van der Waals surface area contributed by atoms with Gasteiger partial charge in [-0.15, -0.1) is 0 Å². The van der Waals surface area contributed by atoms with Gasteiger partial charge in [0.25, 0.3) is 0 Å². The number of aromatic nitrogens is 3. The van der Waals surface area contributed by atoms with Crippen LogP contribution in [0.25, 0.3) is 0 Å². The lowest BCUT2D eigenvalue weighted by molar-refractivity contribution is 0.194. The molecule has 1 aliphatic heterocycles. The molecule has 2 amide bonds. The Morgan fingerprint density at radius 2 is 1.96 bits per heavy atom. The number of carbonyl (C=O) groups excluding carboxylic acids is 1. The number of urea groups is 1. The Balaban J connectivity index is 1.52. The number of hydrogen-bond acceptors (Lipinski definition) is 4. The fourth-order valence-electron chi connectivity index (χ4n) is 3.04. The van der Waals surface area contributed by atoms with Crippen molar-refractivity contribution in [3.63, 3.8) is 0 Å². The van der Waals surface area contributed by atoms with Crippen LogP contribution in [0.2, 0.25) is 5.02 Å². The van der Waals surface area contributed by atoms with Crippen molar-refractivity contribution >= 4 is 23.4 Å². The third-order valence-electron chi connectivity index (χ3n) is 4.68. The lowest BCUT2D eigenvalue weighted by Gasteiger charge is -2.35. The molecule has 134 valence electrons. The summed E-state index contributed by atoms with van der Waals surface area (Å²) in [6.07, 6.45) is 1.65. The monoisotopic (exact) mass is 362 g/mol. The van der Waals surface area contributed by atoms with Gasteiger partial charge in [-0.05, 0) is 26.0 Å². The van der Waals surface area contributed by atoms with Crippen molar-refractivity contribution in [1.82, 2.24) is 25.0 Å². The van der Waals surface area contributed by atoms with Crippen molar-refractivity contribution in [3.05, 3.63) is 40.3 Å². The van der Waals surface area contributed by atoms with Crippen molar-refractivity contribution in [2.45, 2.75) is 20.4 Å². The number of pyridine rings is 1. The number of hydrogen-bond donors (Lipinski definition) is 1. The lowest BCUT2D eigenvalue weighted by Crippen LogP contribution is -2.51. The summed E-state index contributed by atoms with van der Waals surface area (Å²) in [5, 5.41) is 8.01. The predicted octanol–water partition coefficient (Wildman–Crippen LogP) is 2.12. The van der Waals surface area contributed by atoms with E-state index in [2.05, 4.69) is 20.3 Å². The minimum atomic E-state index is -0.0358. The number of carbonyl (C=O) groups is 1. The Bertz CT molecular complexity index is 749. The van der Waals surface area contributed by atoms with Gasteiger partial charge in [-0.25, -0.2) is 9.78 Å². The lowest BCUT2D eigenvalue weighted by atomic mass is 10.2. The van der Waals surface area contributed by atoms with E-state index in [9.17, 15) is 4.79 Å². The zero-order chi connectivity index (χ0) is 18.0. The molecule has 0 spiro atoms. The molecule has 0 bridgehead atoms. The Hall–Kier alpha value is -2.28. The molecule has 1 saturated heterocycles. The van der Waals surface area contributed by atoms with Gasteiger partial charge in [0.1, 0.15) is 5.82 Å². The van der Waals surface area contributed by atoms with Crippen LogP contribution in [0.5, 0.6) is 0 Å². The van der Waals surface area contributed by atoms with E-state index >= 15 is 0 Å². The molecule has 25 heavy (non-hydrogen) atoms. The Kier molecular flexibility index (Phi) is 5.13. The van der Waals surface area contributed by atoms with Crippen LogP contribution in [-0.4, -0.2) is 51.9 Å². The van der Waals surface area contributed by atoms with E-state index in [1.807, 2.05) is 42.6 Å². The number of aryl methyl sites for hydroxylation is 2. The molecule has 0 atom stereocenters. The normalized spacial score (nSPS) is 14.7. The van der Waals surface area contributed by atoms with Crippen molar-refractivity contribution in [2.75, 3.05) is 31.1 Å². The highest BCUT2D eigenvalue weighted by Crippen LogP contribution is 2.16. The highest BCUT2D eigenvalue weighted by Gasteiger charge is 2.22. The van der Waals surface area contributed by atoms with E-state index < -0.39 is 0 Å². The SMILES string of the molecule is Cc1nn(C)c(C)c1CNC(=O)N1CCN(c2ccc(Cl)cn2)CC1. The zero-order valence-corrected chi connectivity index (χ0v) is 15.5. The molecule has 1 fully saturated rings. The maximum Gasteiger partial charge on any atom is 0.317 e. The third-order valence-corrected chi connectivity index (χ3v) is 4.90. The number of amides is 2. The molecule has 0 aromatic carbocycles. The molecule has 3 rings (SSSR count). The standard InChI is InChI=1S/C17H23ClN6O/c1-12-15(13(2)22(3)21-12)11-20-17(25)24-8-6-23(7-9-24)16-5-4-14(18)10-19-16/h4-5,10H,6-9,11H2,1-3H3,(H,20,25). The maximum absolute atomic E-state index is 12.4. The number of nitrogens with one attached hydrogen (secondary N) is 1. The van der Waals surface area contributed by atoms with E-state index in [1.54, 1.807) is 6.20 Å². The first-order chi connectivity index (χ1) is 12.0. The van der Waals surface area contributed by atoms with Crippen LogP contribution < -0.4 is 10.2 Å². The highest BCUT2D eigenvalue weighted by atomic mass is 35.5. The molecule has 3 heterocycles. The molecule has 7 nitrogen and oxygen atoms in total. The Labute approximate surface area is 152 Å². The van der Waals surface area contributed by atoms with Gasteiger partial charge in [0.15, 0.2) is 0 Å². The topological polar surface area (TPSA) is 66.3 Å². The summed E-state index contributed by atoms with van der Waals surface area (Å²) < 4.78 is 1.84. The van der Waals surface area contributed by atoms with Gasteiger partial charge in [0.2, 0.25) is 0 Å². The van der Waals surface area contributed by atoms with Crippen molar-refractivity contribution in [1.29, 1.82) is 0 Å². The van der Waals surface area contributed by atoms with Crippen molar-refractivity contribution in [3.8, 4) is 0 Å². The first kappa shape index (κ1) is 17.5. The second-order valence-corrected chi connectivity index (χ2v) is 6.68. The number of nitrogens with zero attached hydrogens (tertiary/aromatic N) is 5. The van der Waals surface area contributed by atoms with E-state index in [4.69, 9.17) is 11.6 Å². The number of piperazine rings is 1. The Morgan fingerprint density at radius 3 is 2.52 bits per heavy atom. The van der Waals surface area contributed by atoms with Crippen LogP contribution in [0.15, 0.2) is 18.3 Å². The first-order valence-corrected chi connectivity index (χ1v) is 8.72. The fourth-order valence-corrected chi connectivity index (χ4v) is 3.15. The molecular weight excluding hydrogens is 340 g/mol. The molecule has 0 unspecified atom stereocenters. The molecule has 2 aromatic rings. The van der Waals surface area contributed by atoms with Crippen LogP contribution in [0.3, 0.4) is 0 Å². The van der Waals surface area contributed by atoms with Crippen LogP contribution in [0, 0.1) is 13.8 Å². The van der Waals surface area contributed by atoms with Crippen molar-refractivity contribution in [2.24, 2.45) is 7.05 Å². The van der Waals surface area contributed by atoms with E-state index in [-0.39, 0.29) is 6.03 Å². The average Bonchev–Trinajstić information content (AvgIpc) is 2.86. The van der Waals surface area contributed by atoms with Crippen LogP contribution in [-0.2, 0) is 13.6 Å². The largest absolute Gasteiger partial charge is 0.353 e. The van der Waals surface area contributed by atoms with Gasteiger partial charge >= 0.3 is 6.03 Å². The smallest absolute Gasteiger partial charge is 0.317 e. The van der Waals surface area contributed by atoms with Gasteiger partial charge < -0.3 is 15.1 Å². The molecule has 0 aliphatic carbocycles. The average molecular weight is 363 g/mol. The van der Waals surface area contributed by atoms with E-state index in [0.29, 0.717) is 24.7 Å². The van der Waals surface area contributed by atoms with Gasteiger partial charge in [0, 0.05) is 57.2 Å². The molecule has 8 heteroatoms. The third kappa shape index (κ3) is 3.87. The maximum atomic E-state index is 12.4. The zero-order valence-electron chi connectivity index (χ0n) is 14.8. The molecular formula is C17H23ClN6O. The van der Waals surface area contributed by atoms with Gasteiger partial charge in [-0.3, -0.25) is 4.68 Å². The molecule has 1 N–H and O–H groups in total. The van der Waals surface area contributed by atoms with Crippen LogP contribution in [0.1, 0.15) is 17.0 Å². The van der Waals surface area contributed by atoms with E-state index in [0.717, 1.165) is 35.9 Å². The predicted molar refractivity (Wildman–Crippen MR) is 98.0 cm³/mol. The summed E-state index contributed by atoms with van der Waals surface area (Å²) in [7, 11) is 1.91. The summed E-state index contributed by atoms with van der Waals surface area (Å²) in [5.74, 6) is 0.895. The molecule has 2 aromatic heterocycles. The summed E-state index contributed by atoms with van der Waals surface area (Å²) in [6, 6.07) is 3.71. The quantitative estimate of drug-likeness (QED) is 0.908. The summed E-state index contributed by atoms with van der Waals surface area (Å²) in [5.41, 5.74) is 3.12. The minimum Gasteiger partial charge on any atom is -0.353 e. The highest BCUT2D eigenvalue weighted by molar-refractivity contribution is 6.30. The minimum absolute atomic E-state index is 0.0358. The van der Waals surface area contributed by atoms with Crippen molar-refractivity contribution < 1.29 is 4.79 Å². The van der Waals surface area contributed by atoms with Crippen LogP contribution in [0.4, 0.5) is 10.6 Å². The molecule has 1 aliphatic rings. The molecule has 0 saturated carbocycles. The van der Waals surface area contributed by atoms with Gasteiger partial charge in [-0.1, -0.05) is 11.6 Å². The van der Waals surface area contributed by atoms with Crippen LogP contribution >= 0.6 is 11.6 Å². The van der Waals surface area contributed by atoms with Gasteiger partial charge in [-0.2, -0.15) is 5.10 Å². The summed E-state index contributed by atoms with van der Waals surface area (Å²) >= 11 is 5.88. The second kappa shape index (κ2) is 7.31. The second-order valence-electron chi connectivity index (χ2n) is 6.24. The molecule has 0 radical (unpaired) electrons. The fraction of sp³-hybridized carbons (Fsp3) is 0.471. The first-order valence-electron chi connectivity index (χ1n) is 8.34. The van der Waals surface area contributed by atoms with Gasteiger partial charge in [0.05, 0.1) is 10.7 Å². The summed E-state index contributed by atoms with van der Waals surface area (Å²) in [6.45, 7) is 7.33. The number of halogens is 1. The number of rotatable bonds is 3.